The molecule has 2 saturated heterocycles. The van der Waals surface area contributed by atoms with Crippen LogP contribution in [0.4, 0.5) is 9.80 Å². The quantitative estimate of drug-likeness (QED) is 0.875. The van der Waals surface area contributed by atoms with Gasteiger partial charge in [-0.3, -0.25) is 4.79 Å². The van der Waals surface area contributed by atoms with Crippen LogP contribution in [0.5, 0.6) is 0 Å². The van der Waals surface area contributed by atoms with Gasteiger partial charge in [-0.1, -0.05) is 0 Å². The van der Waals surface area contributed by atoms with Crippen molar-refractivity contribution in [3.05, 3.63) is 17.0 Å². The summed E-state index contributed by atoms with van der Waals surface area (Å²) in [5, 5.41) is 4.14. The van der Waals surface area contributed by atoms with E-state index in [0.29, 0.717) is 12.5 Å². The van der Waals surface area contributed by atoms with Crippen molar-refractivity contribution in [2.24, 2.45) is 0 Å². The molecule has 0 atom stereocenters. The summed E-state index contributed by atoms with van der Waals surface area (Å²) in [4.78, 5) is 29.2. The molecule has 0 radical (unpaired) electrons. The van der Waals surface area contributed by atoms with Crippen molar-refractivity contribution >= 4 is 28.3 Å². The molecule has 1 N–H and O–H groups in total. The van der Waals surface area contributed by atoms with Crippen LogP contribution in [-0.4, -0.2) is 55.2 Å². The first-order valence-corrected chi connectivity index (χ1v) is 9.74. The summed E-state index contributed by atoms with van der Waals surface area (Å²) in [5.74, 6) is 0.592. The molecule has 1 aromatic heterocycles. The molecule has 0 saturated carbocycles. The number of carbonyl (C=O) groups is 2. The number of nitrogens with one attached hydrogen (secondary N) is 1. The SMILES string of the molecule is CC(C)(C)OC(=O)N1CCC(c2ccc(N3CCNCC3=O)s2)CC1. The molecule has 1 aromatic rings. The van der Waals surface area contributed by atoms with Gasteiger partial charge in [-0.2, -0.15) is 0 Å². The van der Waals surface area contributed by atoms with Gasteiger partial charge in [0.1, 0.15) is 5.60 Å². The Balaban J connectivity index is 1.57. The highest BCUT2D eigenvalue weighted by molar-refractivity contribution is 7.16. The average molecular weight is 365 g/mol. The minimum Gasteiger partial charge on any atom is -0.444 e. The molecule has 7 heteroatoms. The smallest absolute Gasteiger partial charge is 0.410 e. The van der Waals surface area contributed by atoms with E-state index in [0.717, 1.165) is 44.0 Å². The summed E-state index contributed by atoms with van der Waals surface area (Å²) in [5.41, 5.74) is -0.452. The number of thiophene rings is 1. The van der Waals surface area contributed by atoms with Gasteiger partial charge < -0.3 is 19.9 Å². The van der Waals surface area contributed by atoms with E-state index >= 15 is 0 Å². The summed E-state index contributed by atoms with van der Waals surface area (Å²) < 4.78 is 5.45. The Kier molecular flexibility index (Phi) is 5.34. The van der Waals surface area contributed by atoms with Crippen LogP contribution < -0.4 is 10.2 Å². The van der Waals surface area contributed by atoms with Gasteiger partial charge in [0.25, 0.3) is 0 Å². The number of piperidine rings is 1. The summed E-state index contributed by atoms with van der Waals surface area (Å²) in [7, 11) is 0. The maximum absolute atomic E-state index is 12.2. The number of hydrogen-bond donors (Lipinski definition) is 1. The molecule has 0 spiro atoms. The number of piperazine rings is 1. The number of likely N-dealkylation sites (tertiary alicyclic amines) is 1. The Morgan fingerprint density at radius 2 is 1.96 bits per heavy atom. The monoisotopic (exact) mass is 365 g/mol. The van der Waals surface area contributed by atoms with Crippen molar-refractivity contribution in [1.82, 2.24) is 10.2 Å². The molecule has 25 heavy (non-hydrogen) atoms. The topological polar surface area (TPSA) is 61.9 Å². The number of nitrogens with zero attached hydrogens (tertiary/aromatic N) is 2. The summed E-state index contributed by atoms with van der Waals surface area (Å²) in [6, 6.07) is 4.20. The fourth-order valence-electron chi connectivity index (χ4n) is 3.22. The zero-order valence-corrected chi connectivity index (χ0v) is 16.0. The Morgan fingerprint density at radius 3 is 2.60 bits per heavy atom. The average Bonchev–Trinajstić information content (AvgIpc) is 3.03. The second-order valence-corrected chi connectivity index (χ2v) is 8.73. The zero-order valence-electron chi connectivity index (χ0n) is 15.2. The predicted octanol–water partition coefficient (Wildman–Crippen LogP) is 2.80. The summed E-state index contributed by atoms with van der Waals surface area (Å²) >= 11 is 1.71. The largest absolute Gasteiger partial charge is 0.444 e. The standard InChI is InChI=1S/C18H27N3O3S/c1-18(2,3)24-17(23)20-9-6-13(7-10-20)14-4-5-16(25-14)21-11-8-19-12-15(21)22/h4-5,13,19H,6-12H2,1-3H3. The van der Waals surface area contributed by atoms with Crippen molar-refractivity contribution in [2.75, 3.05) is 37.6 Å². The minimum atomic E-state index is -0.452. The third-order valence-electron chi connectivity index (χ3n) is 4.52. The van der Waals surface area contributed by atoms with E-state index in [9.17, 15) is 9.59 Å². The molecule has 3 rings (SSSR count). The first-order valence-electron chi connectivity index (χ1n) is 8.92. The molecule has 0 aromatic carbocycles. The first kappa shape index (κ1) is 18.2. The van der Waals surface area contributed by atoms with Gasteiger partial charge in [-0.05, 0) is 51.7 Å². The van der Waals surface area contributed by atoms with E-state index in [1.807, 2.05) is 25.7 Å². The van der Waals surface area contributed by atoms with Gasteiger partial charge in [0.05, 0.1) is 11.5 Å². The minimum absolute atomic E-state index is 0.138. The molecule has 2 fully saturated rings. The Morgan fingerprint density at radius 1 is 1.24 bits per heavy atom. The van der Waals surface area contributed by atoms with E-state index in [-0.39, 0.29) is 12.0 Å². The fraction of sp³-hybridized carbons (Fsp3) is 0.667. The molecule has 2 aliphatic rings. The number of ether oxygens (including phenoxy) is 1. The van der Waals surface area contributed by atoms with Gasteiger partial charge in [0.2, 0.25) is 5.91 Å². The van der Waals surface area contributed by atoms with E-state index in [1.54, 1.807) is 16.2 Å². The second-order valence-electron chi connectivity index (χ2n) is 7.64. The highest BCUT2D eigenvalue weighted by atomic mass is 32.1. The lowest BCUT2D eigenvalue weighted by Gasteiger charge is -2.33. The Bertz CT molecular complexity index is 630. The normalized spacial score (nSPS) is 20.0. The van der Waals surface area contributed by atoms with Gasteiger partial charge in [-0.25, -0.2) is 4.79 Å². The van der Waals surface area contributed by atoms with Gasteiger partial charge >= 0.3 is 6.09 Å². The number of amides is 2. The van der Waals surface area contributed by atoms with E-state index in [4.69, 9.17) is 4.74 Å². The lowest BCUT2D eigenvalue weighted by atomic mass is 9.95. The van der Waals surface area contributed by atoms with Crippen molar-refractivity contribution in [3.63, 3.8) is 0 Å². The van der Waals surface area contributed by atoms with Gasteiger partial charge in [-0.15, -0.1) is 11.3 Å². The van der Waals surface area contributed by atoms with Crippen LogP contribution >= 0.6 is 11.3 Å². The van der Waals surface area contributed by atoms with Crippen LogP contribution in [0.15, 0.2) is 12.1 Å². The maximum atomic E-state index is 12.2. The second kappa shape index (κ2) is 7.33. The summed E-state index contributed by atoms with van der Waals surface area (Å²) in [6.07, 6.45) is 1.66. The molecule has 0 unspecified atom stereocenters. The molecule has 2 aliphatic heterocycles. The van der Waals surface area contributed by atoms with Gasteiger partial charge in [0.15, 0.2) is 0 Å². The lowest BCUT2D eigenvalue weighted by molar-refractivity contribution is -0.118. The Hall–Kier alpha value is -1.60. The Labute approximate surface area is 153 Å². The van der Waals surface area contributed by atoms with Crippen LogP contribution in [0, 0.1) is 0 Å². The molecular weight excluding hydrogens is 338 g/mol. The molecule has 0 aliphatic carbocycles. The van der Waals surface area contributed by atoms with Crippen molar-refractivity contribution < 1.29 is 14.3 Å². The number of anilines is 1. The number of carbonyl (C=O) groups excluding carboxylic acids is 2. The number of hydrogen-bond acceptors (Lipinski definition) is 5. The van der Waals surface area contributed by atoms with Crippen LogP contribution in [0.1, 0.15) is 44.4 Å². The first-order chi connectivity index (χ1) is 11.8. The molecule has 0 bridgehead atoms. The third kappa shape index (κ3) is 4.52. The lowest BCUT2D eigenvalue weighted by Crippen LogP contribution is -2.47. The molecule has 138 valence electrons. The predicted molar refractivity (Wildman–Crippen MR) is 99.3 cm³/mol. The van der Waals surface area contributed by atoms with Crippen LogP contribution in [0.2, 0.25) is 0 Å². The fourth-order valence-corrected chi connectivity index (χ4v) is 4.44. The molecule has 3 heterocycles. The maximum Gasteiger partial charge on any atom is 0.410 e. The summed E-state index contributed by atoms with van der Waals surface area (Å²) in [6.45, 7) is 9.11. The molecule has 2 amide bonds. The zero-order chi connectivity index (χ0) is 18.0. The van der Waals surface area contributed by atoms with Gasteiger partial charge in [0, 0.05) is 31.1 Å². The van der Waals surface area contributed by atoms with Crippen molar-refractivity contribution in [3.8, 4) is 0 Å². The molecule has 6 nitrogen and oxygen atoms in total. The van der Waals surface area contributed by atoms with Crippen molar-refractivity contribution in [1.29, 1.82) is 0 Å². The van der Waals surface area contributed by atoms with E-state index in [2.05, 4.69) is 17.4 Å². The highest BCUT2D eigenvalue weighted by Crippen LogP contribution is 2.37. The van der Waals surface area contributed by atoms with Crippen molar-refractivity contribution in [2.45, 2.75) is 45.1 Å². The van der Waals surface area contributed by atoms with Crippen LogP contribution in [-0.2, 0) is 9.53 Å². The number of rotatable bonds is 2. The highest BCUT2D eigenvalue weighted by Gasteiger charge is 2.29. The van der Waals surface area contributed by atoms with E-state index < -0.39 is 5.60 Å². The van der Waals surface area contributed by atoms with Crippen LogP contribution in [0.25, 0.3) is 0 Å². The van der Waals surface area contributed by atoms with E-state index in [1.165, 1.54) is 4.88 Å². The van der Waals surface area contributed by atoms with Crippen LogP contribution in [0.3, 0.4) is 0 Å². The third-order valence-corrected chi connectivity index (χ3v) is 5.79. The molecular formula is C18H27N3O3S.